The van der Waals surface area contributed by atoms with Crippen molar-refractivity contribution >= 4 is 33.4 Å². The van der Waals surface area contributed by atoms with E-state index in [-0.39, 0.29) is 38.8 Å². The molecule has 1 N–H and O–H groups in total. The van der Waals surface area contributed by atoms with E-state index in [1.165, 1.54) is 49.4 Å². The summed E-state index contributed by atoms with van der Waals surface area (Å²) in [7, 11) is -4.49. The highest BCUT2D eigenvalue weighted by Gasteiger charge is 2.45. The number of ketones is 1. The molecule has 10 nitrogen and oxygen atoms in total. The number of sulfonamides is 1. The molecule has 3 aromatic rings. The summed E-state index contributed by atoms with van der Waals surface area (Å²) in [5.74, 6) is -1.96. The minimum atomic E-state index is -4.75. The Morgan fingerprint density at radius 2 is 1.51 bits per heavy atom. The maximum atomic E-state index is 14.4. The number of nitriles is 2. The number of anilines is 1. The number of amides is 3. The summed E-state index contributed by atoms with van der Waals surface area (Å²) in [4.78, 5) is 43.9. The first-order valence-corrected chi connectivity index (χ1v) is 16.8. The average molecular weight is 690 g/mol. The van der Waals surface area contributed by atoms with E-state index in [9.17, 15) is 41.2 Å². The number of benzene rings is 3. The first kappa shape index (κ1) is 34.9. The smallest absolute Gasteiger partial charge is 0.303 e. The Hall–Kier alpha value is -5.47. The lowest BCUT2D eigenvalue weighted by atomic mass is 9.79. The maximum absolute atomic E-state index is 14.4. The molecule has 2 aliphatic rings. The van der Waals surface area contributed by atoms with Gasteiger partial charge in [0.1, 0.15) is 6.54 Å². The van der Waals surface area contributed by atoms with E-state index < -0.39 is 52.2 Å². The summed E-state index contributed by atoms with van der Waals surface area (Å²) in [6.07, 6.45) is -1.17. The van der Waals surface area contributed by atoms with Gasteiger partial charge in [-0.25, -0.2) is 17.9 Å². The maximum Gasteiger partial charge on any atom is 0.416 e. The van der Waals surface area contributed by atoms with Gasteiger partial charge in [0.25, 0.3) is 15.9 Å². The van der Waals surface area contributed by atoms with Crippen LogP contribution in [0.5, 0.6) is 0 Å². The van der Waals surface area contributed by atoms with Crippen molar-refractivity contribution in [3.8, 4) is 12.1 Å². The normalized spacial score (nSPS) is 17.3. The molecule has 0 spiro atoms. The van der Waals surface area contributed by atoms with Gasteiger partial charge in [0, 0.05) is 17.2 Å². The van der Waals surface area contributed by atoms with Crippen LogP contribution in [-0.4, -0.2) is 37.6 Å². The van der Waals surface area contributed by atoms with Gasteiger partial charge in [0.2, 0.25) is 0 Å². The molecule has 0 saturated heterocycles. The molecule has 0 radical (unpaired) electrons. The van der Waals surface area contributed by atoms with E-state index in [0.29, 0.717) is 18.4 Å². The molecule has 1 aliphatic carbocycles. The van der Waals surface area contributed by atoms with Crippen LogP contribution in [-0.2, 0) is 25.8 Å². The standard InChI is InChI=1S/C35H30F3N5O5S/c1-22-31(33(45)26-6-3-2-4-7-26)32(25-14-10-23(19-39)11-15-25)42(34(46)43(22)28-9-5-8-27(18-28)35(36,37)38)21-30(44)41-49(47,48)29-16-12-24(20-40)13-17-29/h5,8-18,26,32H,2-4,6-7,21H2,1H3,(H,41,44). The summed E-state index contributed by atoms with van der Waals surface area (Å²) < 4.78 is 69.5. The van der Waals surface area contributed by atoms with Crippen LogP contribution in [0.15, 0.2) is 89.0 Å². The number of hydrogen-bond donors (Lipinski definition) is 1. The molecule has 1 heterocycles. The highest BCUT2D eigenvalue weighted by molar-refractivity contribution is 7.90. The van der Waals surface area contributed by atoms with E-state index in [2.05, 4.69) is 0 Å². The van der Waals surface area contributed by atoms with Crippen molar-refractivity contribution in [3.63, 3.8) is 0 Å². The van der Waals surface area contributed by atoms with Gasteiger partial charge >= 0.3 is 12.2 Å². The van der Waals surface area contributed by atoms with E-state index in [4.69, 9.17) is 5.26 Å². The molecule has 1 unspecified atom stereocenters. The molecule has 0 aromatic heterocycles. The zero-order valence-electron chi connectivity index (χ0n) is 26.2. The predicted molar refractivity (Wildman–Crippen MR) is 171 cm³/mol. The van der Waals surface area contributed by atoms with E-state index in [0.717, 1.165) is 59.4 Å². The van der Waals surface area contributed by atoms with Crippen LogP contribution >= 0.6 is 0 Å². The third-order valence-electron chi connectivity index (χ3n) is 8.63. The van der Waals surface area contributed by atoms with E-state index in [1.54, 1.807) is 0 Å². The van der Waals surface area contributed by atoms with Crippen molar-refractivity contribution in [1.29, 1.82) is 10.5 Å². The Bertz CT molecular complexity index is 2010. The van der Waals surface area contributed by atoms with Crippen molar-refractivity contribution in [2.45, 2.75) is 56.1 Å². The first-order chi connectivity index (χ1) is 23.2. The number of carbonyl (C=O) groups is 3. The number of allylic oxidation sites excluding steroid dienone is 1. The lowest BCUT2D eigenvalue weighted by Gasteiger charge is -2.43. The fourth-order valence-corrected chi connectivity index (χ4v) is 7.21. The second-order valence-corrected chi connectivity index (χ2v) is 13.5. The number of urea groups is 1. The quantitative estimate of drug-likeness (QED) is 0.289. The Morgan fingerprint density at radius 1 is 0.918 bits per heavy atom. The van der Waals surface area contributed by atoms with Crippen LogP contribution in [0.1, 0.15) is 67.3 Å². The number of rotatable bonds is 8. The van der Waals surface area contributed by atoms with Crippen LogP contribution in [0.25, 0.3) is 0 Å². The number of nitrogens with one attached hydrogen (secondary N) is 1. The van der Waals surface area contributed by atoms with Gasteiger partial charge < -0.3 is 4.90 Å². The Balaban J connectivity index is 1.64. The van der Waals surface area contributed by atoms with Crippen molar-refractivity contribution in [2.75, 3.05) is 11.4 Å². The van der Waals surface area contributed by atoms with Gasteiger partial charge in [-0.15, -0.1) is 0 Å². The second kappa shape index (κ2) is 13.9. The molecule has 14 heteroatoms. The molecule has 252 valence electrons. The third kappa shape index (κ3) is 7.34. The highest BCUT2D eigenvalue weighted by Crippen LogP contribution is 2.43. The minimum Gasteiger partial charge on any atom is -0.303 e. The second-order valence-electron chi connectivity index (χ2n) is 11.8. The Morgan fingerprint density at radius 3 is 2.08 bits per heavy atom. The van der Waals surface area contributed by atoms with Gasteiger partial charge in [0.05, 0.1) is 45.5 Å². The summed E-state index contributed by atoms with van der Waals surface area (Å²) >= 11 is 0. The van der Waals surface area contributed by atoms with Crippen LogP contribution in [0, 0.1) is 28.6 Å². The van der Waals surface area contributed by atoms with Crippen molar-refractivity contribution in [3.05, 3.63) is 106 Å². The van der Waals surface area contributed by atoms with Crippen molar-refractivity contribution in [1.82, 2.24) is 9.62 Å². The number of halogens is 3. The minimum absolute atomic E-state index is 0.0659. The van der Waals surface area contributed by atoms with Gasteiger partial charge in [-0.3, -0.25) is 14.5 Å². The first-order valence-electron chi connectivity index (χ1n) is 15.3. The fourth-order valence-electron chi connectivity index (χ4n) is 6.23. The van der Waals surface area contributed by atoms with Gasteiger partial charge in [-0.2, -0.15) is 23.7 Å². The molecule has 1 atom stereocenters. The van der Waals surface area contributed by atoms with Crippen LogP contribution in [0.4, 0.5) is 23.7 Å². The van der Waals surface area contributed by atoms with E-state index in [1.807, 2.05) is 16.9 Å². The Kier molecular flexibility index (Phi) is 9.92. The van der Waals surface area contributed by atoms with Crippen molar-refractivity contribution in [2.24, 2.45) is 5.92 Å². The topological polar surface area (TPSA) is 151 Å². The zero-order chi connectivity index (χ0) is 35.5. The molecule has 5 rings (SSSR count). The molecule has 49 heavy (non-hydrogen) atoms. The lowest BCUT2D eigenvalue weighted by molar-refractivity contribution is -0.137. The lowest BCUT2D eigenvalue weighted by Crippen LogP contribution is -2.54. The van der Waals surface area contributed by atoms with Gasteiger partial charge in [0.15, 0.2) is 5.78 Å². The monoisotopic (exact) mass is 689 g/mol. The molecular weight excluding hydrogens is 659 g/mol. The number of hydrogen-bond acceptors (Lipinski definition) is 7. The van der Waals surface area contributed by atoms with Crippen LogP contribution in [0.3, 0.4) is 0 Å². The number of carbonyl (C=O) groups excluding carboxylic acids is 3. The van der Waals surface area contributed by atoms with Crippen molar-refractivity contribution < 1.29 is 36.0 Å². The molecule has 1 fully saturated rings. The highest BCUT2D eigenvalue weighted by atomic mass is 32.2. The number of Topliss-reactive ketones (excluding diaryl/α,β-unsaturated/α-hetero) is 1. The van der Waals surface area contributed by atoms with Crippen LogP contribution in [0.2, 0.25) is 0 Å². The summed E-state index contributed by atoms with van der Waals surface area (Å²) in [5.41, 5.74) is -0.334. The van der Waals surface area contributed by atoms with Gasteiger partial charge in [-0.05, 0) is 79.9 Å². The largest absolute Gasteiger partial charge is 0.416 e. The number of alkyl halides is 3. The van der Waals surface area contributed by atoms with Crippen LogP contribution < -0.4 is 9.62 Å². The molecule has 3 amide bonds. The Labute approximate surface area is 281 Å². The predicted octanol–water partition coefficient (Wildman–Crippen LogP) is 6.36. The summed E-state index contributed by atoms with van der Waals surface area (Å²) in [6, 6.07) is 16.3. The molecule has 1 aliphatic heterocycles. The fraction of sp³-hybridized carbons (Fsp3) is 0.286. The summed E-state index contributed by atoms with van der Waals surface area (Å²) in [5, 5.41) is 18.4. The molecule has 3 aromatic carbocycles. The van der Waals surface area contributed by atoms with Gasteiger partial charge in [-0.1, -0.05) is 37.5 Å². The summed E-state index contributed by atoms with van der Waals surface area (Å²) in [6.45, 7) is 0.542. The molecule has 0 bridgehead atoms. The van der Waals surface area contributed by atoms with E-state index >= 15 is 0 Å². The number of nitrogens with zero attached hydrogens (tertiary/aromatic N) is 4. The molecule has 1 saturated carbocycles. The zero-order valence-corrected chi connectivity index (χ0v) is 27.0. The molecular formula is C35H30F3N5O5S. The third-order valence-corrected chi connectivity index (χ3v) is 10.0. The SMILES string of the molecule is CC1=C(C(=O)C2CCCCC2)C(c2ccc(C#N)cc2)N(CC(=O)NS(=O)(=O)c2ccc(C#N)cc2)C(=O)N1c1cccc(C(F)(F)F)c1. The average Bonchev–Trinajstić information content (AvgIpc) is 3.09.